The Labute approximate surface area is 182 Å². The van der Waals surface area contributed by atoms with Gasteiger partial charge < -0.3 is 15.0 Å². The molecular weight excluding hydrogens is 448 g/mol. The Morgan fingerprint density at radius 1 is 1.27 bits per heavy atom. The number of hydrogen-bond donors (Lipinski definition) is 2. The Bertz CT molecular complexity index is 1090. The third-order valence-corrected chi connectivity index (χ3v) is 5.49. The molecule has 1 aliphatic heterocycles. The van der Waals surface area contributed by atoms with Gasteiger partial charge in [-0.05, 0) is 36.8 Å². The lowest BCUT2D eigenvalue weighted by atomic mass is 10.1. The number of H-pyrrole nitrogens is 1. The topological polar surface area (TPSA) is 87.3 Å². The molecule has 8 heteroatoms. The first-order valence-corrected chi connectivity index (χ1v) is 10.3. The van der Waals surface area contributed by atoms with Crippen molar-refractivity contribution in [2.24, 2.45) is 0 Å². The first-order chi connectivity index (χ1) is 14.4. The predicted molar refractivity (Wildman–Crippen MR) is 117 cm³/mol. The number of rotatable bonds is 4. The zero-order valence-electron chi connectivity index (χ0n) is 16.6. The Morgan fingerprint density at radius 2 is 2.03 bits per heavy atom. The van der Waals surface area contributed by atoms with Gasteiger partial charge in [-0.1, -0.05) is 45.8 Å². The zero-order valence-corrected chi connectivity index (χ0v) is 18.2. The summed E-state index contributed by atoms with van der Waals surface area (Å²) in [6.07, 6.45) is 0.638. The number of carbonyl (C=O) groups is 2. The minimum absolute atomic E-state index is 0.0458. The number of likely N-dealkylation sites (N-methyl/N-ethyl adjacent to an activating group) is 1. The monoisotopic (exact) mass is 468 g/mol. The average molecular weight is 469 g/mol. The Kier molecular flexibility index (Phi) is 5.59. The molecule has 0 unspecified atom stereocenters. The van der Waals surface area contributed by atoms with E-state index in [0.717, 1.165) is 15.7 Å². The van der Waals surface area contributed by atoms with Gasteiger partial charge in [0.05, 0.1) is 5.69 Å². The molecule has 1 aromatic heterocycles. The van der Waals surface area contributed by atoms with E-state index in [0.29, 0.717) is 17.9 Å². The van der Waals surface area contributed by atoms with E-state index >= 15 is 0 Å². The van der Waals surface area contributed by atoms with Crippen LogP contribution in [0.15, 0.2) is 53.0 Å². The summed E-state index contributed by atoms with van der Waals surface area (Å²) < 4.78 is 6.60. The third-order valence-electron chi connectivity index (χ3n) is 5.00. The van der Waals surface area contributed by atoms with Crippen LogP contribution in [0.25, 0.3) is 0 Å². The van der Waals surface area contributed by atoms with E-state index in [4.69, 9.17) is 4.74 Å². The molecule has 0 bridgehead atoms. The number of aromatic amines is 1. The quantitative estimate of drug-likeness (QED) is 0.615. The Balaban J connectivity index is 1.44. The second-order valence-corrected chi connectivity index (χ2v) is 8.20. The van der Waals surface area contributed by atoms with Crippen LogP contribution in [-0.2, 0) is 11.2 Å². The first-order valence-electron chi connectivity index (χ1n) is 9.51. The Hall–Kier alpha value is -3.13. The van der Waals surface area contributed by atoms with Crippen molar-refractivity contribution in [3.8, 4) is 5.75 Å². The summed E-state index contributed by atoms with van der Waals surface area (Å²) in [7, 11) is 1.66. The lowest BCUT2D eigenvalue weighted by Gasteiger charge is -2.20. The van der Waals surface area contributed by atoms with Gasteiger partial charge in [0.15, 0.2) is 0 Å². The molecule has 0 spiro atoms. The van der Waals surface area contributed by atoms with Crippen LogP contribution in [0.3, 0.4) is 0 Å². The van der Waals surface area contributed by atoms with Crippen molar-refractivity contribution >= 4 is 33.4 Å². The molecule has 1 aliphatic rings. The molecule has 3 aromatic rings. The highest BCUT2D eigenvalue weighted by molar-refractivity contribution is 9.10. The molecule has 0 saturated carbocycles. The summed E-state index contributed by atoms with van der Waals surface area (Å²) in [6.45, 7) is 2.08. The molecule has 154 valence electrons. The van der Waals surface area contributed by atoms with Crippen LogP contribution in [0.2, 0.25) is 0 Å². The summed E-state index contributed by atoms with van der Waals surface area (Å²) in [4.78, 5) is 27.0. The van der Waals surface area contributed by atoms with Gasteiger partial charge in [-0.15, -0.1) is 0 Å². The molecule has 2 aromatic carbocycles. The molecule has 0 aliphatic carbocycles. The van der Waals surface area contributed by atoms with Gasteiger partial charge in [0.1, 0.15) is 24.1 Å². The van der Waals surface area contributed by atoms with E-state index in [9.17, 15) is 9.59 Å². The minimum Gasteiger partial charge on any atom is -0.489 e. The number of benzene rings is 2. The highest BCUT2D eigenvalue weighted by Gasteiger charge is 2.31. The van der Waals surface area contributed by atoms with Crippen molar-refractivity contribution in [1.82, 2.24) is 15.5 Å². The van der Waals surface area contributed by atoms with Crippen molar-refractivity contribution in [3.05, 3.63) is 75.5 Å². The second-order valence-electron chi connectivity index (χ2n) is 7.29. The fourth-order valence-corrected chi connectivity index (χ4v) is 3.65. The second kappa shape index (κ2) is 8.31. The molecule has 0 fully saturated rings. The van der Waals surface area contributed by atoms with Crippen molar-refractivity contribution in [3.63, 3.8) is 0 Å². The molecule has 2 amide bonds. The van der Waals surface area contributed by atoms with Crippen molar-refractivity contribution in [1.29, 1.82) is 0 Å². The van der Waals surface area contributed by atoms with Gasteiger partial charge in [0.2, 0.25) is 0 Å². The van der Waals surface area contributed by atoms with Crippen LogP contribution >= 0.6 is 15.9 Å². The standard InChI is InChI=1S/C22H21BrN4O3/c1-13-3-5-14(6-4-13)9-16-11-17(26-25-16)21(28)24-18-12-30-20-8-7-15(23)10-19(20)27(2)22(18)29/h3-8,10-11,18H,9,12H2,1-2H3,(H,24,28)(H,25,26)/t18-/m0/s1. The van der Waals surface area contributed by atoms with Crippen LogP contribution in [-0.4, -0.2) is 41.7 Å². The maximum absolute atomic E-state index is 12.8. The van der Waals surface area contributed by atoms with Crippen molar-refractivity contribution in [2.75, 3.05) is 18.6 Å². The van der Waals surface area contributed by atoms with E-state index < -0.39 is 11.9 Å². The van der Waals surface area contributed by atoms with Gasteiger partial charge in [-0.2, -0.15) is 5.10 Å². The molecule has 1 atom stereocenters. The number of anilines is 1. The number of carbonyl (C=O) groups excluding carboxylic acids is 2. The summed E-state index contributed by atoms with van der Waals surface area (Å²) >= 11 is 3.40. The maximum atomic E-state index is 12.8. The van der Waals surface area contributed by atoms with Crippen LogP contribution in [0.4, 0.5) is 5.69 Å². The molecule has 0 saturated heterocycles. The van der Waals surface area contributed by atoms with E-state index in [1.54, 1.807) is 19.2 Å². The summed E-state index contributed by atoms with van der Waals surface area (Å²) in [6, 6.07) is 14.5. The van der Waals surface area contributed by atoms with E-state index in [1.165, 1.54) is 10.5 Å². The SMILES string of the molecule is Cc1ccc(Cc2cc(C(=O)N[C@H]3COc4ccc(Br)cc4N(C)C3=O)n[nH]2)cc1. The fraction of sp³-hybridized carbons (Fsp3) is 0.227. The van der Waals surface area contributed by atoms with Crippen LogP contribution < -0.4 is 15.0 Å². The van der Waals surface area contributed by atoms with Crippen LogP contribution in [0.5, 0.6) is 5.75 Å². The number of halogens is 1. The van der Waals surface area contributed by atoms with E-state index in [1.807, 2.05) is 43.3 Å². The third kappa shape index (κ3) is 4.23. The number of hydrogen-bond acceptors (Lipinski definition) is 4. The van der Waals surface area contributed by atoms with Crippen molar-refractivity contribution < 1.29 is 14.3 Å². The number of ether oxygens (including phenoxy) is 1. The maximum Gasteiger partial charge on any atom is 0.272 e. The Morgan fingerprint density at radius 3 is 2.80 bits per heavy atom. The van der Waals surface area contributed by atoms with Crippen LogP contribution in [0, 0.1) is 6.92 Å². The predicted octanol–water partition coefficient (Wildman–Crippen LogP) is 3.23. The number of fused-ring (bicyclic) bond motifs is 1. The number of nitrogens with one attached hydrogen (secondary N) is 2. The molecule has 2 heterocycles. The number of aryl methyl sites for hydroxylation is 1. The summed E-state index contributed by atoms with van der Waals surface area (Å²) in [5.41, 5.74) is 4.01. The number of amides is 2. The van der Waals surface area contributed by atoms with Gasteiger partial charge in [0.25, 0.3) is 11.8 Å². The minimum atomic E-state index is -0.814. The summed E-state index contributed by atoms with van der Waals surface area (Å²) in [5.74, 6) is -0.0922. The lowest BCUT2D eigenvalue weighted by molar-refractivity contribution is -0.120. The molecule has 30 heavy (non-hydrogen) atoms. The highest BCUT2D eigenvalue weighted by Crippen LogP contribution is 2.33. The lowest BCUT2D eigenvalue weighted by Crippen LogP contribution is -2.49. The van der Waals surface area contributed by atoms with E-state index in [2.05, 4.69) is 31.4 Å². The van der Waals surface area contributed by atoms with Crippen LogP contribution in [0.1, 0.15) is 27.3 Å². The van der Waals surface area contributed by atoms with Gasteiger partial charge in [-0.25, -0.2) is 0 Å². The molecule has 0 radical (unpaired) electrons. The molecule has 2 N–H and O–H groups in total. The molecule has 7 nitrogen and oxygen atoms in total. The summed E-state index contributed by atoms with van der Waals surface area (Å²) in [5, 5.41) is 9.74. The van der Waals surface area contributed by atoms with Crippen molar-refractivity contribution in [2.45, 2.75) is 19.4 Å². The molecular formula is C22H21BrN4O3. The largest absolute Gasteiger partial charge is 0.489 e. The number of aromatic nitrogens is 2. The molecule has 4 rings (SSSR count). The average Bonchev–Trinajstić information content (AvgIpc) is 3.17. The highest BCUT2D eigenvalue weighted by atomic mass is 79.9. The fourth-order valence-electron chi connectivity index (χ4n) is 3.30. The van der Waals surface area contributed by atoms with Gasteiger partial charge in [0, 0.05) is 23.6 Å². The first kappa shape index (κ1) is 20.2. The van der Waals surface area contributed by atoms with E-state index in [-0.39, 0.29) is 18.2 Å². The van der Waals surface area contributed by atoms with Gasteiger partial charge in [-0.3, -0.25) is 14.7 Å². The zero-order chi connectivity index (χ0) is 21.3. The normalized spacial score (nSPS) is 15.9. The smallest absolute Gasteiger partial charge is 0.272 e. The number of nitrogens with zero attached hydrogens (tertiary/aromatic N) is 2. The van der Waals surface area contributed by atoms with Gasteiger partial charge >= 0.3 is 0 Å².